The average molecular weight is 511 g/mol. The van der Waals surface area contributed by atoms with Crippen LogP contribution in [0.3, 0.4) is 0 Å². The van der Waals surface area contributed by atoms with Gasteiger partial charge in [0, 0.05) is 32.9 Å². The molecule has 0 aromatic carbocycles. The Morgan fingerprint density at radius 2 is 1.22 bits per heavy atom. The molecule has 1 rings (SSSR count). The number of ether oxygens (including phenoxy) is 1. The maximum atomic E-state index is 12.3. The maximum absolute atomic E-state index is 12.3. The van der Waals surface area contributed by atoms with Crippen LogP contribution in [0.4, 0.5) is 0 Å². The lowest BCUT2D eigenvalue weighted by atomic mass is 9.74. The fraction of sp³-hybridized carbons (Fsp3) is 0.900. The summed E-state index contributed by atoms with van der Waals surface area (Å²) in [5, 5.41) is 19.2. The highest BCUT2D eigenvalue weighted by atomic mass is 16.5. The smallest absolute Gasteiger partial charge is 0.331 e. The molecule has 6 heteroatoms. The molecule has 1 heterocycles. The fourth-order valence-corrected chi connectivity index (χ4v) is 5.85. The zero-order valence-electron chi connectivity index (χ0n) is 24.3. The largest absolute Gasteiger partial charge is 0.493 e. The zero-order chi connectivity index (χ0) is 26.9. The van der Waals surface area contributed by atoms with Crippen molar-refractivity contribution in [2.45, 2.75) is 144 Å². The highest BCUT2D eigenvalue weighted by molar-refractivity contribution is 5.05. The summed E-state index contributed by atoms with van der Waals surface area (Å²) in [5.74, 6) is 0.0781. The first-order chi connectivity index (χ1) is 17.4. The molecule has 0 saturated heterocycles. The van der Waals surface area contributed by atoms with E-state index in [9.17, 15) is 9.90 Å². The molecular formula is C30H58N2O4. The minimum Gasteiger partial charge on any atom is -0.493 e. The van der Waals surface area contributed by atoms with Gasteiger partial charge in [0.15, 0.2) is 0 Å². The summed E-state index contributed by atoms with van der Waals surface area (Å²) in [4.78, 5) is 12.3. The van der Waals surface area contributed by atoms with E-state index in [1.165, 1.54) is 49.5 Å². The highest BCUT2D eigenvalue weighted by Gasteiger charge is 2.26. The molecule has 0 amide bonds. The van der Waals surface area contributed by atoms with Gasteiger partial charge >= 0.3 is 5.69 Å². The van der Waals surface area contributed by atoms with Crippen LogP contribution >= 0.6 is 0 Å². The van der Waals surface area contributed by atoms with Gasteiger partial charge in [-0.3, -0.25) is 9.13 Å². The summed E-state index contributed by atoms with van der Waals surface area (Å²) < 4.78 is 9.04. The molecule has 0 aliphatic rings. The number of aromatic nitrogens is 2. The Labute approximate surface area is 221 Å². The molecule has 0 saturated carbocycles. The Balaban J connectivity index is 2.28. The molecule has 6 nitrogen and oxygen atoms in total. The van der Waals surface area contributed by atoms with Gasteiger partial charge in [0.25, 0.3) is 0 Å². The van der Waals surface area contributed by atoms with Crippen molar-refractivity contribution in [3.63, 3.8) is 0 Å². The predicted molar refractivity (Wildman–Crippen MR) is 151 cm³/mol. The van der Waals surface area contributed by atoms with Crippen LogP contribution in [0.25, 0.3) is 0 Å². The lowest BCUT2D eigenvalue weighted by molar-refractivity contribution is 0.113. The van der Waals surface area contributed by atoms with E-state index in [0.29, 0.717) is 30.5 Å². The molecule has 212 valence electrons. The third-order valence-corrected chi connectivity index (χ3v) is 9.06. The van der Waals surface area contributed by atoms with Crippen molar-refractivity contribution in [3.05, 3.63) is 16.7 Å². The van der Waals surface area contributed by atoms with Crippen LogP contribution in [0.5, 0.6) is 5.88 Å². The lowest BCUT2D eigenvalue weighted by Gasteiger charge is -2.32. The number of aliphatic hydroxyl groups excluding tert-OH is 1. The maximum Gasteiger partial charge on any atom is 0.331 e. The van der Waals surface area contributed by atoms with E-state index >= 15 is 0 Å². The predicted octanol–water partition coefficient (Wildman–Crippen LogP) is 7.29. The molecule has 0 atom stereocenters. The topological polar surface area (TPSA) is 76.6 Å². The second kappa shape index (κ2) is 18.1. The molecule has 0 unspecified atom stereocenters. The number of nitrogens with zero attached hydrogens (tertiary/aromatic N) is 2. The van der Waals surface area contributed by atoms with Crippen molar-refractivity contribution in [1.29, 1.82) is 0 Å². The molecular weight excluding hydrogens is 452 g/mol. The van der Waals surface area contributed by atoms with Crippen LogP contribution in [-0.4, -0.2) is 39.2 Å². The van der Waals surface area contributed by atoms with Crippen molar-refractivity contribution in [2.24, 2.45) is 10.8 Å². The van der Waals surface area contributed by atoms with Crippen LogP contribution in [0.2, 0.25) is 0 Å². The van der Waals surface area contributed by atoms with Crippen LogP contribution in [0.15, 0.2) is 11.0 Å². The summed E-state index contributed by atoms with van der Waals surface area (Å²) in [6.45, 7) is 14.3. The van der Waals surface area contributed by atoms with E-state index in [4.69, 9.17) is 9.84 Å². The van der Waals surface area contributed by atoms with Gasteiger partial charge in [-0.05, 0) is 69.1 Å². The van der Waals surface area contributed by atoms with Crippen LogP contribution in [0, 0.1) is 10.8 Å². The molecule has 0 aliphatic carbocycles. The Bertz CT molecular complexity index is 732. The van der Waals surface area contributed by atoms with E-state index in [-0.39, 0.29) is 11.6 Å². The molecule has 1 aromatic rings. The third-order valence-electron chi connectivity index (χ3n) is 9.06. The number of hydrogen-bond acceptors (Lipinski definition) is 4. The second-order valence-corrected chi connectivity index (χ2v) is 10.9. The SMILES string of the molecule is CCn1cc(O)n(CCCC(CC)(CC)CCCCOCCCCC(CC)(CC)CCCCO)c1=O. The van der Waals surface area contributed by atoms with Gasteiger partial charge in [0.2, 0.25) is 5.88 Å². The molecule has 0 radical (unpaired) electrons. The van der Waals surface area contributed by atoms with Gasteiger partial charge < -0.3 is 14.9 Å². The van der Waals surface area contributed by atoms with Gasteiger partial charge in [-0.25, -0.2) is 4.79 Å². The molecule has 36 heavy (non-hydrogen) atoms. The van der Waals surface area contributed by atoms with Crippen molar-refractivity contribution in [3.8, 4) is 5.88 Å². The van der Waals surface area contributed by atoms with Gasteiger partial charge in [-0.1, -0.05) is 72.6 Å². The minimum atomic E-state index is -0.109. The van der Waals surface area contributed by atoms with Gasteiger partial charge in [-0.2, -0.15) is 0 Å². The molecule has 0 bridgehead atoms. The third kappa shape index (κ3) is 10.6. The molecule has 0 spiro atoms. The molecule has 0 aliphatic heterocycles. The van der Waals surface area contributed by atoms with Gasteiger partial charge in [0.05, 0.1) is 6.20 Å². The Morgan fingerprint density at radius 1 is 0.750 bits per heavy atom. The first kappa shape index (κ1) is 32.8. The first-order valence-corrected chi connectivity index (χ1v) is 15.0. The number of imidazole rings is 1. The number of unbranched alkanes of at least 4 members (excludes halogenated alkanes) is 3. The first-order valence-electron chi connectivity index (χ1n) is 15.0. The number of rotatable bonds is 23. The Hall–Kier alpha value is -1.27. The number of aryl methyl sites for hydroxylation is 1. The van der Waals surface area contributed by atoms with Crippen LogP contribution in [0.1, 0.15) is 131 Å². The van der Waals surface area contributed by atoms with Crippen molar-refractivity contribution in [1.82, 2.24) is 9.13 Å². The standard InChI is InChI=1S/C30H58N2O4/c1-6-29(7-2,18-11-14-23-33)19-12-15-24-36-25-16-13-20-30(8-3,9-4)21-17-22-32-27(34)26-31(10-5)28(32)35/h26,33-34H,6-25H2,1-5H3. The van der Waals surface area contributed by atoms with Crippen molar-refractivity contribution >= 4 is 0 Å². The van der Waals surface area contributed by atoms with Crippen LogP contribution < -0.4 is 5.69 Å². The highest BCUT2D eigenvalue weighted by Crippen LogP contribution is 2.38. The normalized spacial score (nSPS) is 12.5. The summed E-state index contributed by atoms with van der Waals surface area (Å²) in [6, 6.07) is 0. The van der Waals surface area contributed by atoms with Crippen LogP contribution in [-0.2, 0) is 17.8 Å². The van der Waals surface area contributed by atoms with E-state index in [0.717, 1.165) is 64.6 Å². The monoisotopic (exact) mass is 510 g/mol. The van der Waals surface area contributed by atoms with Crippen molar-refractivity contribution < 1.29 is 14.9 Å². The summed E-state index contributed by atoms with van der Waals surface area (Å²) in [5.41, 5.74) is 0.653. The minimum absolute atomic E-state index is 0.0781. The van der Waals surface area contributed by atoms with E-state index in [2.05, 4.69) is 27.7 Å². The summed E-state index contributed by atoms with van der Waals surface area (Å²) in [7, 11) is 0. The van der Waals surface area contributed by atoms with E-state index in [1.807, 2.05) is 6.92 Å². The molecule has 0 fully saturated rings. The van der Waals surface area contributed by atoms with Gasteiger partial charge in [0.1, 0.15) is 0 Å². The molecule has 2 N–H and O–H groups in total. The summed E-state index contributed by atoms with van der Waals surface area (Å²) >= 11 is 0. The second-order valence-electron chi connectivity index (χ2n) is 10.9. The Kier molecular flexibility index (Phi) is 16.4. The summed E-state index contributed by atoms with van der Waals surface area (Å²) in [6.07, 6.45) is 18.7. The number of aromatic hydroxyl groups is 1. The number of aliphatic hydroxyl groups is 1. The Morgan fingerprint density at radius 3 is 1.64 bits per heavy atom. The molecule has 1 aromatic heterocycles. The number of hydrogen-bond donors (Lipinski definition) is 2. The average Bonchev–Trinajstić information content (AvgIpc) is 3.18. The zero-order valence-corrected chi connectivity index (χ0v) is 24.3. The van der Waals surface area contributed by atoms with E-state index in [1.54, 1.807) is 10.8 Å². The van der Waals surface area contributed by atoms with E-state index < -0.39 is 0 Å². The fourth-order valence-electron chi connectivity index (χ4n) is 5.85. The van der Waals surface area contributed by atoms with Crippen molar-refractivity contribution in [2.75, 3.05) is 19.8 Å². The quantitative estimate of drug-likeness (QED) is 0.152. The van der Waals surface area contributed by atoms with Gasteiger partial charge in [-0.15, -0.1) is 0 Å². The lowest BCUT2D eigenvalue weighted by Crippen LogP contribution is -2.25.